The Balaban J connectivity index is 1.92. The average molecular weight is 363 g/mol. The lowest BCUT2D eigenvalue weighted by atomic mass is 10.0. The highest BCUT2D eigenvalue weighted by Crippen LogP contribution is 2.24. The van der Waals surface area contributed by atoms with E-state index in [2.05, 4.69) is 6.92 Å². The predicted octanol–water partition coefficient (Wildman–Crippen LogP) is 6.24. The monoisotopic (exact) mass is 362 g/mol. The third-order valence-electron chi connectivity index (χ3n) is 4.75. The van der Waals surface area contributed by atoms with E-state index in [-0.39, 0.29) is 5.97 Å². The van der Waals surface area contributed by atoms with Crippen LogP contribution in [0.3, 0.4) is 0 Å². The van der Waals surface area contributed by atoms with Gasteiger partial charge in [-0.2, -0.15) is 0 Å². The molecule has 26 heavy (non-hydrogen) atoms. The number of nitrogen functional groups attached to an aromatic ring is 2. The van der Waals surface area contributed by atoms with Gasteiger partial charge in [0.1, 0.15) is 0 Å². The van der Waals surface area contributed by atoms with Gasteiger partial charge in [-0.3, -0.25) is 4.79 Å². The van der Waals surface area contributed by atoms with Gasteiger partial charge in [-0.25, -0.2) is 0 Å². The lowest BCUT2D eigenvalue weighted by Gasteiger charge is -2.08. The standard InChI is InChI=1S/C22H38N2O2/c1-2-3-4-5-6-7-8-9-10-11-12-13-14-15-22(25)26-21-18-19(23)16-17-20(21)24/h16-18H,2-15,23-24H2,1H3. The van der Waals surface area contributed by atoms with Crippen LogP contribution in [0.25, 0.3) is 0 Å². The van der Waals surface area contributed by atoms with Gasteiger partial charge in [-0.15, -0.1) is 0 Å². The number of benzene rings is 1. The summed E-state index contributed by atoms with van der Waals surface area (Å²) < 4.78 is 5.29. The molecule has 1 aromatic rings. The number of unbranched alkanes of at least 4 members (excludes halogenated alkanes) is 12. The quantitative estimate of drug-likeness (QED) is 0.167. The molecule has 1 aromatic carbocycles. The second-order valence-corrected chi connectivity index (χ2v) is 7.26. The Morgan fingerprint density at radius 3 is 1.85 bits per heavy atom. The third kappa shape index (κ3) is 11.0. The normalized spacial score (nSPS) is 10.8. The molecule has 0 radical (unpaired) electrons. The van der Waals surface area contributed by atoms with E-state index >= 15 is 0 Å². The summed E-state index contributed by atoms with van der Waals surface area (Å²) in [5, 5.41) is 0. The van der Waals surface area contributed by atoms with Crippen LogP contribution in [0.2, 0.25) is 0 Å². The highest BCUT2D eigenvalue weighted by Gasteiger charge is 2.08. The van der Waals surface area contributed by atoms with E-state index in [1.165, 1.54) is 70.6 Å². The van der Waals surface area contributed by atoms with Crippen LogP contribution in [0.15, 0.2) is 18.2 Å². The van der Waals surface area contributed by atoms with Gasteiger partial charge in [0.2, 0.25) is 0 Å². The van der Waals surface area contributed by atoms with Crippen molar-refractivity contribution >= 4 is 17.3 Å². The number of nitrogens with two attached hydrogens (primary N) is 2. The van der Waals surface area contributed by atoms with E-state index in [0.29, 0.717) is 23.5 Å². The number of anilines is 2. The Morgan fingerprint density at radius 1 is 0.808 bits per heavy atom. The number of ether oxygens (including phenoxy) is 1. The minimum atomic E-state index is -0.231. The summed E-state index contributed by atoms with van der Waals surface area (Å²) in [6, 6.07) is 4.94. The van der Waals surface area contributed by atoms with Crippen molar-refractivity contribution in [1.82, 2.24) is 0 Å². The van der Waals surface area contributed by atoms with Gasteiger partial charge in [0.25, 0.3) is 0 Å². The fourth-order valence-corrected chi connectivity index (χ4v) is 3.10. The lowest BCUT2D eigenvalue weighted by Crippen LogP contribution is -2.09. The Hall–Kier alpha value is -1.71. The van der Waals surface area contributed by atoms with E-state index in [0.717, 1.165) is 12.8 Å². The second-order valence-electron chi connectivity index (χ2n) is 7.26. The highest BCUT2D eigenvalue weighted by molar-refractivity contribution is 5.75. The van der Waals surface area contributed by atoms with Gasteiger partial charge < -0.3 is 16.2 Å². The summed E-state index contributed by atoms with van der Waals surface area (Å²) in [6.07, 6.45) is 17.2. The number of rotatable bonds is 15. The molecule has 0 aliphatic carbocycles. The molecule has 1 rings (SSSR count). The first-order valence-corrected chi connectivity index (χ1v) is 10.5. The van der Waals surface area contributed by atoms with Crippen LogP contribution in [-0.2, 0) is 4.79 Å². The third-order valence-corrected chi connectivity index (χ3v) is 4.75. The molecule has 4 heteroatoms. The van der Waals surface area contributed by atoms with Crippen LogP contribution in [0, 0.1) is 0 Å². The maximum absolute atomic E-state index is 11.9. The number of esters is 1. The molecule has 4 N–H and O–H groups in total. The fraction of sp³-hybridized carbons (Fsp3) is 0.682. The molecule has 0 saturated heterocycles. The Morgan fingerprint density at radius 2 is 1.31 bits per heavy atom. The zero-order valence-corrected chi connectivity index (χ0v) is 16.6. The first-order chi connectivity index (χ1) is 12.6. The number of hydrogen-bond donors (Lipinski definition) is 2. The minimum Gasteiger partial charge on any atom is -0.424 e. The van der Waals surface area contributed by atoms with Gasteiger partial charge in [-0.1, -0.05) is 84.0 Å². The molecule has 148 valence electrons. The summed E-state index contributed by atoms with van der Waals surface area (Å²) in [6.45, 7) is 2.26. The van der Waals surface area contributed by atoms with Crippen LogP contribution in [-0.4, -0.2) is 5.97 Å². The van der Waals surface area contributed by atoms with Crippen LogP contribution < -0.4 is 16.2 Å². The largest absolute Gasteiger partial charge is 0.424 e. The van der Waals surface area contributed by atoms with Crippen molar-refractivity contribution in [3.05, 3.63) is 18.2 Å². The van der Waals surface area contributed by atoms with Crippen molar-refractivity contribution in [2.45, 2.75) is 96.8 Å². The highest BCUT2D eigenvalue weighted by atomic mass is 16.5. The van der Waals surface area contributed by atoms with Crippen molar-refractivity contribution in [2.75, 3.05) is 11.5 Å². The molecule has 0 heterocycles. The zero-order chi connectivity index (χ0) is 19.0. The van der Waals surface area contributed by atoms with Crippen LogP contribution >= 0.6 is 0 Å². The Labute approximate surface area is 159 Å². The van der Waals surface area contributed by atoms with Crippen molar-refractivity contribution < 1.29 is 9.53 Å². The van der Waals surface area contributed by atoms with Gasteiger partial charge in [-0.05, 0) is 18.6 Å². The van der Waals surface area contributed by atoms with Crippen LogP contribution in [0.5, 0.6) is 5.75 Å². The molecule has 0 amide bonds. The first kappa shape index (κ1) is 22.3. The molecule has 4 nitrogen and oxygen atoms in total. The molecule has 0 bridgehead atoms. The van der Waals surface area contributed by atoms with E-state index < -0.39 is 0 Å². The summed E-state index contributed by atoms with van der Waals surface area (Å²) in [4.78, 5) is 11.9. The summed E-state index contributed by atoms with van der Waals surface area (Å²) >= 11 is 0. The Kier molecular flexibility index (Phi) is 12.4. The maximum atomic E-state index is 11.9. The molecule has 0 unspecified atom stereocenters. The molecule has 0 saturated carbocycles. The first-order valence-electron chi connectivity index (χ1n) is 10.5. The summed E-state index contributed by atoms with van der Waals surface area (Å²) in [5.74, 6) is 0.134. The minimum absolute atomic E-state index is 0.231. The van der Waals surface area contributed by atoms with Crippen LogP contribution in [0.1, 0.15) is 96.8 Å². The molecule has 0 aliphatic heterocycles. The molecule has 0 aliphatic rings. The lowest BCUT2D eigenvalue weighted by molar-refractivity contribution is -0.134. The summed E-state index contributed by atoms with van der Waals surface area (Å²) in [7, 11) is 0. The molecular weight excluding hydrogens is 324 g/mol. The van der Waals surface area contributed by atoms with E-state index in [4.69, 9.17) is 16.2 Å². The fourth-order valence-electron chi connectivity index (χ4n) is 3.10. The topological polar surface area (TPSA) is 78.3 Å². The van der Waals surface area contributed by atoms with Crippen molar-refractivity contribution in [2.24, 2.45) is 0 Å². The van der Waals surface area contributed by atoms with Crippen molar-refractivity contribution in [1.29, 1.82) is 0 Å². The maximum Gasteiger partial charge on any atom is 0.311 e. The number of hydrogen-bond acceptors (Lipinski definition) is 4. The van der Waals surface area contributed by atoms with Gasteiger partial charge in [0.15, 0.2) is 5.75 Å². The molecule has 0 fully saturated rings. The number of carbonyl (C=O) groups is 1. The average Bonchev–Trinajstić information content (AvgIpc) is 2.62. The van der Waals surface area contributed by atoms with E-state index in [9.17, 15) is 4.79 Å². The zero-order valence-electron chi connectivity index (χ0n) is 16.6. The van der Waals surface area contributed by atoms with Crippen molar-refractivity contribution in [3.8, 4) is 5.75 Å². The number of carbonyl (C=O) groups excluding carboxylic acids is 1. The molecular formula is C22H38N2O2. The molecule has 0 spiro atoms. The van der Waals surface area contributed by atoms with E-state index in [1.807, 2.05) is 0 Å². The van der Waals surface area contributed by atoms with Crippen molar-refractivity contribution in [3.63, 3.8) is 0 Å². The smallest absolute Gasteiger partial charge is 0.311 e. The summed E-state index contributed by atoms with van der Waals surface area (Å²) in [5.41, 5.74) is 12.4. The predicted molar refractivity (Wildman–Crippen MR) is 111 cm³/mol. The second kappa shape index (κ2) is 14.5. The van der Waals surface area contributed by atoms with Gasteiger partial charge in [0.05, 0.1) is 5.69 Å². The van der Waals surface area contributed by atoms with E-state index in [1.54, 1.807) is 18.2 Å². The Bertz CT molecular complexity index is 503. The van der Waals surface area contributed by atoms with Crippen LogP contribution in [0.4, 0.5) is 11.4 Å². The van der Waals surface area contributed by atoms with Gasteiger partial charge in [0, 0.05) is 18.2 Å². The van der Waals surface area contributed by atoms with Gasteiger partial charge >= 0.3 is 5.97 Å². The molecule has 0 atom stereocenters. The SMILES string of the molecule is CCCCCCCCCCCCCCCC(=O)Oc1cc(N)ccc1N. The molecule has 0 aromatic heterocycles.